The molecule has 1 heterocycles. The van der Waals surface area contributed by atoms with E-state index in [1.807, 2.05) is 18.2 Å². The molecule has 2 rings (SSSR count). The zero-order valence-corrected chi connectivity index (χ0v) is 12.4. The molecule has 1 atom stereocenters. The minimum Gasteiger partial charge on any atom is -0.468 e. The van der Waals surface area contributed by atoms with Gasteiger partial charge in [0.25, 0.3) is 0 Å². The Kier molecular flexibility index (Phi) is 5.16. The largest absolute Gasteiger partial charge is 0.468 e. The fourth-order valence-electron chi connectivity index (χ4n) is 2.00. The number of nitrogens with one attached hydrogen (secondary N) is 1. The zero-order valence-electron chi connectivity index (χ0n) is 10.8. The SMILES string of the molecule is CCCNC(Cc1cc(Br)ccc1F)c1ccco1. The van der Waals surface area contributed by atoms with Gasteiger partial charge in [0.05, 0.1) is 12.3 Å². The van der Waals surface area contributed by atoms with Gasteiger partial charge in [-0.1, -0.05) is 22.9 Å². The molecule has 4 heteroatoms. The highest BCUT2D eigenvalue weighted by Crippen LogP contribution is 2.23. The number of halogens is 2. The first-order chi connectivity index (χ1) is 9.20. The summed E-state index contributed by atoms with van der Waals surface area (Å²) in [5.41, 5.74) is 0.680. The maximum atomic E-state index is 13.8. The summed E-state index contributed by atoms with van der Waals surface area (Å²) in [6.07, 6.45) is 3.24. The van der Waals surface area contributed by atoms with E-state index in [4.69, 9.17) is 4.42 Å². The van der Waals surface area contributed by atoms with Gasteiger partial charge in [-0.2, -0.15) is 0 Å². The predicted molar refractivity (Wildman–Crippen MR) is 77.5 cm³/mol. The van der Waals surface area contributed by atoms with Crippen molar-refractivity contribution in [3.8, 4) is 0 Å². The van der Waals surface area contributed by atoms with E-state index in [1.54, 1.807) is 12.3 Å². The van der Waals surface area contributed by atoms with Crippen molar-refractivity contribution in [3.63, 3.8) is 0 Å². The van der Waals surface area contributed by atoms with Gasteiger partial charge in [0, 0.05) is 4.47 Å². The summed E-state index contributed by atoms with van der Waals surface area (Å²) in [5, 5.41) is 3.39. The lowest BCUT2D eigenvalue weighted by atomic mass is 10.0. The van der Waals surface area contributed by atoms with E-state index >= 15 is 0 Å². The summed E-state index contributed by atoms with van der Waals surface area (Å²) >= 11 is 3.38. The molecule has 0 saturated carbocycles. The lowest BCUT2D eigenvalue weighted by molar-refractivity contribution is 0.406. The Morgan fingerprint density at radius 3 is 2.89 bits per heavy atom. The summed E-state index contributed by atoms with van der Waals surface area (Å²) in [5.74, 6) is 0.658. The van der Waals surface area contributed by atoms with Gasteiger partial charge in [0.1, 0.15) is 11.6 Å². The van der Waals surface area contributed by atoms with Gasteiger partial charge in [0.2, 0.25) is 0 Å². The minimum absolute atomic E-state index is 0.00116. The Bertz CT molecular complexity index is 513. The highest BCUT2D eigenvalue weighted by atomic mass is 79.9. The van der Waals surface area contributed by atoms with E-state index in [-0.39, 0.29) is 11.9 Å². The second-order valence-electron chi connectivity index (χ2n) is 4.46. The van der Waals surface area contributed by atoms with Crippen molar-refractivity contribution in [1.29, 1.82) is 0 Å². The Morgan fingerprint density at radius 1 is 1.37 bits per heavy atom. The van der Waals surface area contributed by atoms with Crippen LogP contribution in [0.4, 0.5) is 4.39 Å². The second kappa shape index (κ2) is 6.87. The van der Waals surface area contributed by atoms with Crippen molar-refractivity contribution in [2.24, 2.45) is 0 Å². The molecular formula is C15H17BrFNO. The third-order valence-corrected chi connectivity index (χ3v) is 3.45. The summed E-state index contributed by atoms with van der Waals surface area (Å²) in [4.78, 5) is 0. The molecule has 0 saturated heterocycles. The van der Waals surface area contributed by atoms with E-state index in [0.29, 0.717) is 12.0 Å². The summed E-state index contributed by atoms with van der Waals surface area (Å²) in [6.45, 7) is 2.98. The van der Waals surface area contributed by atoms with Gasteiger partial charge >= 0.3 is 0 Å². The zero-order chi connectivity index (χ0) is 13.7. The van der Waals surface area contributed by atoms with Crippen LogP contribution >= 0.6 is 15.9 Å². The smallest absolute Gasteiger partial charge is 0.126 e. The van der Waals surface area contributed by atoms with Crippen molar-refractivity contribution in [2.75, 3.05) is 6.54 Å². The van der Waals surface area contributed by atoms with E-state index < -0.39 is 0 Å². The first-order valence-corrected chi connectivity index (χ1v) is 7.20. The van der Waals surface area contributed by atoms with Gasteiger partial charge in [-0.25, -0.2) is 4.39 Å². The molecule has 19 heavy (non-hydrogen) atoms. The molecule has 0 bridgehead atoms. The van der Waals surface area contributed by atoms with Crippen LogP contribution in [0.25, 0.3) is 0 Å². The van der Waals surface area contributed by atoms with Crippen LogP contribution in [0, 0.1) is 5.82 Å². The molecule has 0 aliphatic heterocycles. The third-order valence-electron chi connectivity index (χ3n) is 2.96. The van der Waals surface area contributed by atoms with Gasteiger partial charge in [-0.3, -0.25) is 0 Å². The Labute approximate surface area is 121 Å². The van der Waals surface area contributed by atoms with E-state index in [1.165, 1.54) is 6.07 Å². The highest BCUT2D eigenvalue weighted by Gasteiger charge is 2.16. The van der Waals surface area contributed by atoms with Crippen molar-refractivity contribution < 1.29 is 8.81 Å². The predicted octanol–water partition coefficient (Wildman–Crippen LogP) is 4.46. The van der Waals surface area contributed by atoms with E-state index in [9.17, 15) is 4.39 Å². The fraction of sp³-hybridized carbons (Fsp3) is 0.333. The topological polar surface area (TPSA) is 25.2 Å². The second-order valence-corrected chi connectivity index (χ2v) is 5.38. The standard InChI is InChI=1S/C15H17BrFNO/c1-2-7-18-14(15-4-3-8-19-15)10-11-9-12(16)5-6-13(11)17/h3-6,8-9,14,18H,2,7,10H2,1H3. The Morgan fingerprint density at radius 2 is 2.21 bits per heavy atom. The maximum Gasteiger partial charge on any atom is 0.126 e. The lowest BCUT2D eigenvalue weighted by Gasteiger charge is -2.17. The van der Waals surface area contributed by atoms with Gasteiger partial charge in [-0.05, 0) is 55.3 Å². The Hall–Kier alpha value is -1.13. The van der Waals surface area contributed by atoms with Crippen LogP contribution in [-0.4, -0.2) is 6.54 Å². The molecule has 1 aromatic carbocycles. The molecular weight excluding hydrogens is 309 g/mol. The molecule has 0 aliphatic carbocycles. The number of rotatable bonds is 6. The average molecular weight is 326 g/mol. The van der Waals surface area contributed by atoms with Crippen molar-refractivity contribution in [1.82, 2.24) is 5.32 Å². The van der Waals surface area contributed by atoms with Gasteiger partial charge in [0.15, 0.2) is 0 Å². The number of benzene rings is 1. The highest BCUT2D eigenvalue weighted by molar-refractivity contribution is 9.10. The van der Waals surface area contributed by atoms with E-state index in [0.717, 1.165) is 23.2 Å². The van der Waals surface area contributed by atoms with Crippen LogP contribution in [-0.2, 0) is 6.42 Å². The molecule has 2 nitrogen and oxygen atoms in total. The third kappa shape index (κ3) is 3.91. The summed E-state index contributed by atoms with van der Waals surface area (Å²) in [6, 6.07) is 8.78. The molecule has 0 spiro atoms. The lowest BCUT2D eigenvalue weighted by Crippen LogP contribution is -2.24. The quantitative estimate of drug-likeness (QED) is 0.847. The average Bonchev–Trinajstić information content (AvgIpc) is 2.92. The number of hydrogen-bond donors (Lipinski definition) is 1. The van der Waals surface area contributed by atoms with Crippen LogP contribution in [0.2, 0.25) is 0 Å². The molecule has 1 unspecified atom stereocenters. The van der Waals surface area contributed by atoms with Crippen molar-refractivity contribution in [2.45, 2.75) is 25.8 Å². The number of furan rings is 1. The minimum atomic E-state index is -0.182. The molecule has 0 fully saturated rings. The van der Waals surface area contributed by atoms with Crippen LogP contribution in [0.3, 0.4) is 0 Å². The Balaban J connectivity index is 2.17. The van der Waals surface area contributed by atoms with Gasteiger partial charge in [-0.15, -0.1) is 0 Å². The van der Waals surface area contributed by atoms with Crippen molar-refractivity contribution >= 4 is 15.9 Å². The molecule has 0 aliphatic rings. The van der Waals surface area contributed by atoms with E-state index in [2.05, 4.69) is 28.2 Å². The first-order valence-electron chi connectivity index (χ1n) is 6.41. The van der Waals surface area contributed by atoms with Crippen LogP contribution in [0.15, 0.2) is 45.5 Å². The van der Waals surface area contributed by atoms with Crippen LogP contribution < -0.4 is 5.32 Å². The van der Waals surface area contributed by atoms with Crippen LogP contribution in [0.1, 0.15) is 30.7 Å². The summed E-state index contributed by atoms with van der Waals surface area (Å²) < 4.78 is 20.1. The monoisotopic (exact) mass is 325 g/mol. The molecule has 1 N–H and O–H groups in total. The maximum absolute atomic E-state index is 13.8. The first kappa shape index (κ1) is 14.3. The molecule has 0 radical (unpaired) electrons. The summed E-state index contributed by atoms with van der Waals surface area (Å²) in [7, 11) is 0. The molecule has 0 amide bonds. The molecule has 2 aromatic rings. The van der Waals surface area contributed by atoms with Crippen LogP contribution in [0.5, 0.6) is 0 Å². The normalized spacial score (nSPS) is 12.6. The number of hydrogen-bond acceptors (Lipinski definition) is 2. The molecule has 1 aromatic heterocycles. The fourth-order valence-corrected chi connectivity index (χ4v) is 2.41. The van der Waals surface area contributed by atoms with Gasteiger partial charge < -0.3 is 9.73 Å². The van der Waals surface area contributed by atoms with Crippen molar-refractivity contribution in [3.05, 3.63) is 58.2 Å². The molecule has 102 valence electrons.